The average Bonchev–Trinajstić information content (AvgIpc) is 2.18. The third kappa shape index (κ3) is 2.99. The molecule has 0 bridgehead atoms. The van der Waals surface area contributed by atoms with Crippen molar-refractivity contribution >= 4 is 23.1 Å². The van der Waals surface area contributed by atoms with Gasteiger partial charge in [-0.2, -0.15) is 0 Å². The summed E-state index contributed by atoms with van der Waals surface area (Å²) in [6, 6.07) is 3.12. The molecule has 1 unspecified atom stereocenters. The fraction of sp³-hybridized carbons (Fsp3) is 0.300. The molecule has 1 aromatic rings. The van der Waals surface area contributed by atoms with Gasteiger partial charge in [-0.05, 0) is 26.0 Å². The largest absolute Gasteiger partial charge is 0.392 e. The molecule has 15 heavy (non-hydrogen) atoms. The topological polar surface area (TPSA) is 68.0 Å². The van der Waals surface area contributed by atoms with Crippen molar-refractivity contribution in [3.63, 3.8) is 0 Å². The van der Waals surface area contributed by atoms with Crippen molar-refractivity contribution in [3.05, 3.63) is 29.6 Å². The number of hydrogen-bond donors (Lipinski definition) is 2. The molecule has 0 saturated heterocycles. The highest BCUT2D eigenvalue weighted by atomic mass is 32.1. The van der Waals surface area contributed by atoms with Crippen molar-refractivity contribution in [2.45, 2.75) is 19.9 Å². The van der Waals surface area contributed by atoms with Crippen LogP contribution in [-0.4, -0.2) is 21.9 Å². The van der Waals surface area contributed by atoms with Crippen LogP contribution in [0.4, 0.5) is 0 Å². The molecule has 3 N–H and O–H groups in total. The van der Waals surface area contributed by atoms with E-state index < -0.39 is 0 Å². The molecule has 0 aliphatic heterocycles. The highest BCUT2D eigenvalue weighted by Gasteiger charge is 2.13. The Morgan fingerprint density at radius 3 is 2.87 bits per heavy atom. The first kappa shape index (κ1) is 11.6. The number of aryl methyl sites for hydroxylation is 1. The van der Waals surface area contributed by atoms with Gasteiger partial charge in [0.15, 0.2) is 0 Å². The van der Waals surface area contributed by atoms with Crippen LogP contribution in [0.25, 0.3) is 0 Å². The second-order valence-corrected chi connectivity index (χ2v) is 3.71. The standard InChI is InChI=1S/C10H13N3OS/c1-6-8(4-3-5-12-6)10(14)13-7(2)9(11)15/h3-5,7H,1-2H3,(H2,11,15)(H,13,14). The first-order chi connectivity index (χ1) is 7.02. The predicted molar refractivity (Wildman–Crippen MR) is 62.7 cm³/mol. The van der Waals surface area contributed by atoms with Crippen LogP contribution in [0.1, 0.15) is 23.0 Å². The van der Waals surface area contributed by atoms with Crippen molar-refractivity contribution < 1.29 is 4.79 Å². The molecule has 80 valence electrons. The molecule has 0 aliphatic rings. The van der Waals surface area contributed by atoms with Crippen molar-refractivity contribution in [2.24, 2.45) is 5.73 Å². The molecular weight excluding hydrogens is 210 g/mol. The molecule has 4 nitrogen and oxygen atoms in total. The van der Waals surface area contributed by atoms with Crippen LogP contribution in [0.5, 0.6) is 0 Å². The predicted octanol–water partition coefficient (Wildman–Crippen LogP) is 0.794. The summed E-state index contributed by atoms with van der Waals surface area (Å²) >= 11 is 4.77. The van der Waals surface area contributed by atoms with Gasteiger partial charge in [-0.25, -0.2) is 0 Å². The Labute approximate surface area is 93.9 Å². The van der Waals surface area contributed by atoms with E-state index in [0.29, 0.717) is 11.3 Å². The minimum Gasteiger partial charge on any atom is -0.392 e. The molecule has 1 atom stereocenters. The van der Waals surface area contributed by atoms with Crippen LogP contribution < -0.4 is 11.1 Å². The summed E-state index contributed by atoms with van der Waals surface area (Å²) in [7, 11) is 0. The number of nitrogens with one attached hydrogen (secondary N) is 1. The van der Waals surface area contributed by atoms with Crippen LogP contribution in [0.15, 0.2) is 18.3 Å². The van der Waals surface area contributed by atoms with E-state index in [9.17, 15) is 4.79 Å². The number of pyridine rings is 1. The average molecular weight is 223 g/mol. The summed E-state index contributed by atoms with van der Waals surface area (Å²) in [4.78, 5) is 16.0. The van der Waals surface area contributed by atoms with E-state index in [4.69, 9.17) is 18.0 Å². The molecule has 0 fully saturated rings. The fourth-order valence-electron chi connectivity index (χ4n) is 1.07. The first-order valence-electron chi connectivity index (χ1n) is 4.54. The summed E-state index contributed by atoms with van der Waals surface area (Å²) < 4.78 is 0. The summed E-state index contributed by atoms with van der Waals surface area (Å²) in [5.41, 5.74) is 6.63. The molecule has 1 aromatic heterocycles. The maximum absolute atomic E-state index is 11.7. The van der Waals surface area contributed by atoms with E-state index in [2.05, 4.69) is 10.3 Å². The maximum atomic E-state index is 11.7. The number of carbonyl (C=O) groups excluding carboxylic acids is 1. The molecule has 0 radical (unpaired) electrons. The van der Waals surface area contributed by atoms with Crippen molar-refractivity contribution in [1.29, 1.82) is 0 Å². The van der Waals surface area contributed by atoms with E-state index in [1.165, 1.54) is 0 Å². The molecule has 5 heteroatoms. The molecule has 1 rings (SSSR count). The van der Waals surface area contributed by atoms with E-state index in [1.807, 2.05) is 0 Å². The van der Waals surface area contributed by atoms with Crippen LogP contribution in [0.3, 0.4) is 0 Å². The lowest BCUT2D eigenvalue weighted by Crippen LogP contribution is -2.41. The summed E-state index contributed by atoms with van der Waals surface area (Å²) in [5, 5.41) is 2.69. The summed E-state index contributed by atoms with van der Waals surface area (Å²) in [6.07, 6.45) is 1.64. The van der Waals surface area contributed by atoms with Crippen molar-refractivity contribution in [2.75, 3.05) is 0 Å². The number of rotatable bonds is 3. The van der Waals surface area contributed by atoms with Gasteiger partial charge in [-0.1, -0.05) is 12.2 Å². The Kier molecular flexibility index (Phi) is 3.74. The number of hydrogen-bond acceptors (Lipinski definition) is 3. The van der Waals surface area contributed by atoms with Gasteiger partial charge in [-0.15, -0.1) is 0 Å². The van der Waals surface area contributed by atoms with Gasteiger partial charge >= 0.3 is 0 Å². The molecule has 1 heterocycles. The monoisotopic (exact) mass is 223 g/mol. The van der Waals surface area contributed by atoms with Crippen molar-refractivity contribution in [3.8, 4) is 0 Å². The third-order valence-electron chi connectivity index (χ3n) is 2.03. The van der Waals surface area contributed by atoms with Gasteiger partial charge in [0.25, 0.3) is 5.91 Å². The van der Waals surface area contributed by atoms with Crippen LogP contribution in [-0.2, 0) is 0 Å². The second-order valence-electron chi connectivity index (χ2n) is 3.23. The van der Waals surface area contributed by atoms with Gasteiger partial charge in [-0.3, -0.25) is 9.78 Å². The zero-order valence-corrected chi connectivity index (χ0v) is 9.47. The maximum Gasteiger partial charge on any atom is 0.253 e. The number of nitrogens with zero attached hydrogens (tertiary/aromatic N) is 1. The minimum absolute atomic E-state index is 0.207. The number of thiocarbonyl (C=S) groups is 1. The zero-order valence-electron chi connectivity index (χ0n) is 8.65. The number of aromatic nitrogens is 1. The SMILES string of the molecule is Cc1ncccc1C(=O)NC(C)C(N)=S. The Bertz CT molecular complexity index is 392. The smallest absolute Gasteiger partial charge is 0.253 e. The van der Waals surface area contributed by atoms with Gasteiger partial charge in [0.1, 0.15) is 0 Å². The summed E-state index contributed by atoms with van der Waals surface area (Å²) in [5.74, 6) is -0.207. The van der Waals surface area contributed by atoms with Crippen molar-refractivity contribution in [1.82, 2.24) is 10.3 Å². The van der Waals surface area contributed by atoms with E-state index in [-0.39, 0.29) is 16.9 Å². The lowest BCUT2D eigenvalue weighted by Gasteiger charge is -2.12. The Morgan fingerprint density at radius 1 is 1.67 bits per heavy atom. The normalized spacial score (nSPS) is 11.9. The van der Waals surface area contributed by atoms with E-state index in [1.54, 1.807) is 32.2 Å². The van der Waals surface area contributed by atoms with E-state index in [0.717, 1.165) is 0 Å². The fourth-order valence-corrected chi connectivity index (χ4v) is 1.13. The van der Waals surface area contributed by atoms with E-state index >= 15 is 0 Å². The van der Waals surface area contributed by atoms with Gasteiger partial charge in [0, 0.05) is 11.9 Å². The third-order valence-corrected chi connectivity index (χ3v) is 2.38. The molecule has 0 spiro atoms. The van der Waals surface area contributed by atoms with Crippen LogP contribution in [0, 0.1) is 6.92 Å². The second kappa shape index (κ2) is 4.84. The zero-order chi connectivity index (χ0) is 11.4. The summed E-state index contributed by atoms with van der Waals surface area (Å²) in [6.45, 7) is 3.52. The highest BCUT2D eigenvalue weighted by molar-refractivity contribution is 7.80. The molecule has 0 saturated carbocycles. The quantitative estimate of drug-likeness (QED) is 0.744. The Balaban J connectivity index is 2.78. The van der Waals surface area contributed by atoms with Gasteiger partial charge < -0.3 is 11.1 Å². The Morgan fingerprint density at radius 2 is 2.33 bits per heavy atom. The van der Waals surface area contributed by atoms with Crippen LogP contribution >= 0.6 is 12.2 Å². The number of nitrogens with two attached hydrogens (primary N) is 1. The minimum atomic E-state index is -0.313. The number of amides is 1. The van der Waals surface area contributed by atoms with Crippen LogP contribution in [0.2, 0.25) is 0 Å². The molecule has 1 amide bonds. The number of carbonyl (C=O) groups is 1. The molecular formula is C10H13N3OS. The first-order valence-corrected chi connectivity index (χ1v) is 4.95. The molecule has 0 aromatic carbocycles. The van der Waals surface area contributed by atoms with Gasteiger partial charge in [0.2, 0.25) is 0 Å². The molecule has 0 aliphatic carbocycles. The highest BCUT2D eigenvalue weighted by Crippen LogP contribution is 2.03. The van der Waals surface area contributed by atoms with Gasteiger partial charge in [0.05, 0.1) is 16.6 Å². The Hall–Kier alpha value is -1.49. The lowest BCUT2D eigenvalue weighted by atomic mass is 10.2. The lowest BCUT2D eigenvalue weighted by molar-refractivity contribution is 0.0948.